The van der Waals surface area contributed by atoms with Crippen LogP contribution in [-0.2, 0) is 4.79 Å². The summed E-state index contributed by atoms with van der Waals surface area (Å²) < 4.78 is 1.93. The molecule has 0 saturated heterocycles. The summed E-state index contributed by atoms with van der Waals surface area (Å²) in [5, 5.41) is 14.2. The number of aromatic nitrogens is 2. The average Bonchev–Trinajstić information content (AvgIpc) is 3.37. The number of amides is 2. The third-order valence-corrected chi connectivity index (χ3v) is 5.50. The molecule has 0 bridgehead atoms. The fourth-order valence-electron chi connectivity index (χ4n) is 3.96. The molecule has 154 valence electrons. The molecule has 1 fully saturated rings. The first-order valence-electron chi connectivity index (χ1n) is 10.1. The number of fused-ring (bicyclic) bond motifs is 1. The van der Waals surface area contributed by atoms with Crippen LogP contribution in [0.2, 0.25) is 0 Å². The molecule has 29 heavy (non-hydrogen) atoms. The van der Waals surface area contributed by atoms with Gasteiger partial charge in [-0.05, 0) is 37.8 Å². The molecule has 1 aromatic carbocycles. The van der Waals surface area contributed by atoms with Crippen LogP contribution in [0.4, 0.5) is 21.9 Å². The summed E-state index contributed by atoms with van der Waals surface area (Å²) >= 11 is 0. The Bertz CT molecular complexity index is 963. The van der Waals surface area contributed by atoms with E-state index >= 15 is 0 Å². The van der Waals surface area contributed by atoms with Gasteiger partial charge in [0.05, 0.1) is 29.7 Å². The number of carboxylic acid groups (broad SMARTS) is 1. The molecule has 1 unspecified atom stereocenters. The Morgan fingerprint density at radius 2 is 2.00 bits per heavy atom. The van der Waals surface area contributed by atoms with E-state index in [0.29, 0.717) is 29.5 Å². The first kappa shape index (κ1) is 19.3. The number of rotatable bonds is 4. The molecule has 0 spiro atoms. The molecular weight excluding hydrogens is 370 g/mol. The molecule has 8 nitrogen and oxygen atoms in total. The lowest BCUT2D eigenvalue weighted by molar-refractivity contribution is -0.119. The molecule has 3 N–H and O–H groups in total. The Hall–Kier alpha value is -3.03. The zero-order valence-corrected chi connectivity index (χ0v) is 17.0. The van der Waals surface area contributed by atoms with Crippen molar-refractivity contribution in [1.82, 2.24) is 9.78 Å². The first-order valence-corrected chi connectivity index (χ1v) is 10.1. The van der Waals surface area contributed by atoms with Gasteiger partial charge < -0.3 is 15.7 Å². The van der Waals surface area contributed by atoms with Gasteiger partial charge in [-0.1, -0.05) is 13.8 Å². The third-order valence-electron chi connectivity index (χ3n) is 5.50. The minimum absolute atomic E-state index is 0.0208. The van der Waals surface area contributed by atoms with Gasteiger partial charge in [0.15, 0.2) is 0 Å². The van der Waals surface area contributed by atoms with E-state index in [-0.39, 0.29) is 24.4 Å². The summed E-state index contributed by atoms with van der Waals surface area (Å²) in [7, 11) is 0. The number of nitrogens with zero attached hydrogens (tertiary/aromatic N) is 4. The number of hydrogen-bond donors (Lipinski definition) is 2. The summed E-state index contributed by atoms with van der Waals surface area (Å²) in [6, 6.07) is 3.67. The number of anilines is 3. The van der Waals surface area contributed by atoms with E-state index in [0.717, 1.165) is 24.0 Å². The van der Waals surface area contributed by atoms with Crippen molar-refractivity contribution < 1.29 is 14.7 Å². The largest absolute Gasteiger partial charge is 0.465 e. The third kappa shape index (κ3) is 3.54. The van der Waals surface area contributed by atoms with E-state index in [9.17, 15) is 14.7 Å². The van der Waals surface area contributed by atoms with Crippen LogP contribution < -0.4 is 15.5 Å². The van der Waals surface area contributed by atoms with Gasteiger partial charge in [-0.3, -0.25) is 14.4 Å². The Morgan fingerprint density at radius 1 is 1.28 bits per heavy atom. The molecule has 2 heterocycles. The van der Waals surface area contributed by atoms with Gasteiger partial charge in [0.25, 0.3) is 0 Å². The van der Waals surface area contributed by atoms with Crippen LogP contribution in [0.15, 0.2) is 24.5 Å². The Labute approximate surface area is 169 Å². The molecule has 1 saturated carbocycles. The quantitative estimate of drug-likeness (QED) is 0.765. The van der Waals surface area contributed by atoms with Crippen molar-refractivity contribution in [2.75, 3.05) is 22.1 Å². The monoisotopic (exact) mass is 397 g/mol. The molecule has 2 aromatic rings. The van der Waals surface area contributed by atoms with Gasteiger partial charge in [-0.15, -0.1) is 0 Å². The second-order valence-electron chi connectivity index (χ2n) is 8.47. The summed E-state index contributed by atoms with van der Waals surface area (Å²) in [6.07, 6.45) is 5.31. The van der Waals surface area contributed by atoms with Crippen molar-refractivity contribution in [3.63, 3.8) is 0 Å². The van der Waals surface area contributed by atoms with Gasteiger partial charge >= 0.3 is 6.09 Å². The standard InChI is InChI=1S/C21H27N5O3/c1-12(2)6-20(27)26-13(3)10-24(21(28)29)18-7-16(17(22)8-19(18)26)14-9-23-25(11-14)15-4-5-15/h7-9,11-13,15H,4-6,10,22H2,1-3H3,(H,28,29). The maximum absolute atomic E-state index is 12.9. The molecule has 4 rings (SSSR count). The van der Waals surface area contributed by atoms with Crippen LogP contribution in [0, 0.1) is 5.92 Å². The van der Waals surface area contributed by atoms with E-state index in [1.54, 1.807) is 23.2 Å². The number of hydrogen-bond acceptors (Lipinski definition) is 4. The minimum atomic E-state index is -1.04. The Morgan fingerprint density at radius 3 is 2.62 bits per heavy atom. The molecular formula is C21H27N5O3. The molecule has 1 atom stereocenters. The number of carbonyl (C=O) groups is 2. The van der Waals surface area contributed by atoms with Crippen LogP contribution in [0.1, 0.15) is 46.1 Å². The maximum atomic E-state index is 12.9. The second-order valence-corrected chi connectivity index (χ2v) is 8.47. The van der Waals surface area contributed by atoms with E-state index in [1.807, 2.05) is 31.6 Å². The highest BCUT2D eigenvalue weighted by Crippen LogP contribution is 2.43. The predicted octanol–water partition coefficient (Wildman–Crippen LogP) is 3.73. The lowest BCUT2D eigenvalue weighted by atomic mass is 9.99. The normalized spacial score (nSPS) is 18.8. The van der Waals surface area contributed by atoms with Crippen molar-refractivity contribution in [1.29, 1.82) is 0 Å². The molecule has 0 radical (unpaired) electrons. The fourth-order valence-corrected chi connectivity index (χ4v) is 3.96. The maximum Gasteiger partial charge on any atom is 0.411 e. The molecule has 1 aliphatic carbocycles. The summed E-state index contributed by atoms with van der Waals surface area (Å²) in [6.45, 7) is 6.07. The van der Waals surface area contributed by atoms with Crippen LogP contribution in [0.25, 0.3) is 11.1 Å². The molecule has 1 aromatic heterocycles. The summed E-state index contributed by atoms with van der Waals surface area (Å²) in [5.41, 5.74) is 9.48. The number of nitrogens with two attached hydrogens (primary N) is 1. The van der Waals surface area contributed by atoms with E-state index in [1.165, 1.54) is 4.90 Å². The molecule has 8 heteroatoms. The van der Waals surface area contributed by atoms with Crippen molar-refractivity contribution in [2.24, 2.45) is 5.92 Å². The van der Waals surface area contributed by atoms with Gasteiger partial charge in [0.2, 0.25) is 5.91 Å². The SMILES string of the molecule is CC(C)CC(=O)N1c2cc(N)c(-c3cnn(C4CC4)c3)cc2N(C(=O)O)CC1C. The highest BCUT2D eigenvalue weighted by atomic mass is 16.4. The topological polar surface area (TPSA) is 105 Å². The number of nitrogen functional groups attached to an aromatic ring is 1. The Balaban J connectivity index is 1.80. The zero-order valence-electron chi connectivity index (χ0n) is 17.0. The highest BCUT2D eigenvalue weighted by molar-refractivity contribution is 6.05. The zero-order chi connectivity index (χ0) is 20.9. The van der Waals surface area contributed by atoms with Crippen LogP contribution in [0.5, 0.6) is 0 Å². The molecule has 2 amide bonds. The molecule has 2 aliphatic rings. The van der Waals surface area contributed by atoms with Gasteiger partial charge in [0, 0.05) is 36.0 Å². The van der Waals surface area contributed by atoms with Crippen molar-refractivity contribution >= 4 is 29.1 Å². The van der Waals surface area contributed by atoms with Crippen LogP contribution in [0.3, 0.4) is 0 Å². The van der Waals surface area contributed by atoms with Gasteiger partial charge in [-0.25, -0.2) is 4.79 Å². The summed E-state index contributed by atoms with van der Waals surface area (Å²) in [5.74, 6) is 0.188. The minimum Gasteiger partial charge on any atom is -0.465 e. The second kappa shape index (κ2) is 7.09. The van der Waals surface area contributed by atoms with Crippen molar-refractivity contribution in [3.05, 3.63) is 24.5 Å². The Kier molecular flexibility index (Phi) is 4.72. The smallest absolute Gasteiger partial charge is 0.411 e. The summed E-state index contributed by atoms with van der Waals surface area (Å²) in [4.78, 5) is 27.8. The van der Waals surface area contributed by atoms with Crippen molar-refractivity contribution in [3.8, 4) is 11.1 Å². The number of carbonyl (C=O) groups excluding carboxylic acids is 1. The fraction of sp³-hybridized carbons (Fsp3) is 0.476. The lowest BCUT2D eigenvalue weighted by Gasteiger charge is -2.40. The van der Waals surface area contributed by atoms with E-state index in [4.69, 9.17) is 5.73 Å². The average molecular weight is 397 g/mol. The highest BCUT2D eigenvalue weighted by Gasteiger charge is 2.36. The number of benzene rings is 1. The van der Waals surface area contributed by atoms with E-state index in [2.05, 4.69) is 5.10 Å². The first-order chi connectivity index (χ1) is 13.8. The lowest BCUT2D eigenvalue weighted by Crippen LogP contribution is -2.52. The van der Waals surface area contributed by atoms with Crippen LogP contribution >= 0.6 is 0 Å². The van der Waals surface area contributed by atoms with Crippen molar-refractivity contribution in [2.45, 2.75) is 52.1 Å². The van der Waals surface area contributed by atoms with Crippen LogP contribution in [-0.4, -0.2) is 39.5 Å². The predicted molar refractivity (Wildman–Crippen MR) is 112 cm³/mol. The van der Waals surface area contributed by atoms with Gasteiger partial charge in [-0.2, -0.15) is 5.10 Å². The molecule has 1 aliphatic heterocycles. The van der Waals surface area contributed by atoms with E-state index < -0.39 is 6.09 Å². The van der Waals surface area contributed by atoms with Gasteiger partial charge in [0.1, 0.15) is 0 Å².